The van der Waals surface area contributed by atoms with Gasteiger partial charge in [0.2, 0.25) is 5.91 Å². The van der Waals surface area contributed by atoms with Crippen molar-refractivity contribution in [3.63, 3.8) is 0 Å². The van der Waals surface area contributed by atoms with Gasteiger partial charge in [0, 0.05) is 18.3 Å². The maximum atomic E-state index is 13.3. The third kappa shape index (κ3) is 4.17. The number of amides is 1. The number of pyridine rings is 1. The van der Waals surface area contributed by atoms with Crippen LogP contribution in [0.15, 0.2) is 42.7 Å². The lowest BCUT2D eigenvalue weighted by Crippen LogP contribution is -2.41. The molecule has 0 radical (unpaired) electrons. The van der Waals surface area contributed by atoms with Crippen molar-refractivity contribution in [1.29, 1.82) is 0 Å². The molecule has 24 heavy (non-hydrogen) atoms. The minimum atomic E-state index is -0.317. The molecule has 2 heterocycles. The van der Waals surface area contributed by atoms with Gasteiger partial charge in [-0.25, -0.2) is 4.39 Å². The normalized spacial score (nSPS) is 20.1. The van der Waals surface area contributed by atoms with Gasteiger partial charge in [0.25, 0.3) is 0 Å². The smallest absolute Gasteiger partial charge is 0.224 e. The Morgan fingerprint density at radius 1 is 1.29 bits per heavy atom. The van der Waals surface area contributed by atoms with Crippen molar-refractivity contribution in [2.45, 2.75) is 25.8 Å². The van der Waals surface area contributed by atoms with E-state index in [4.69, 9.17) is 4.74 Å². The van der Waals surface area contributed by atoms with Crippen molar-refractivity contribution in [1.82, 2.24) is 10.3 Å². The number of carbonyl (C=O) groups excluding carboxylic acids is 1. The van der Waals surface area contributed by atoms with Crippen LogP contribution in [0.3, 0.4) is 0 Å². The molecule has 1 aliphatic heterocycles. The van der Waals surface area contributed by atoms with E-state index < -0.39 is 0 Å². The summed E-state index contributed by atoms with van der Waals surface area (Å²) in [5, 5.41) is 3.04. The third-order valence-electron chi connectivity index (χ3n) is 4.45. The fraction of sp³-hybridized carbons (Fsp3) is 0.368. The quantitative estimate of drug-likeness (QED) is 0.917. The summed E-state index contributed by atoms with van der Waals surface area (Å²) in [4.78, 5) is 16.3. The van der Waals surface area contributed by atoms with E-state index in [1.807, 2.05) is 19.1 Å². The van der Waals surface area contributed by atoms with E-state index in [-0.39, 0.29) is 30.1 Å². The lowest BCUT2D eigenvalue weighted by atomic mass is 9.95. The van der Waals surface area contributed by atoms with Crippen molar-refractivity contribution in [2.75, 3.05) is 13.2 Å². The zero-order valence-electron chi connectivity index (χ0n) is 13.7. The van der Waals surface area contributed by atoms with Gasteiger partial charge in [-0.2, -0.15) is 0 Å². The summed E-state index contributed by atoms with van der Waals surface area (Å²) in [7, 11) is 0. The van der Waals surface area contributed by atoms with E-state index in [0.717, 1.165) is 17.5 Å². The van der Waals surface area contributed by atoms with E-state index in [0.29, 0.717) is 13.2 Å². The molecule has 0 bridgehead atoms. The lowest BCUT2D eigenvalue weighted by molar-refractivity contribution is -0.121. The molecular formula is C19H21FN2O2. The summed E-state index contributed by atoms with van der Waals surface area (Å²) in [5.74, 6) is -0.174. The molecule has 0 aliphatic carbocycles. The Kier molecular flexibility index (Phi) is 5.20. The summed E-state index contributed by atoms with van der Waals surface area (Å²) >= 11 is 0. The Labute approximate surface area is 141 Å². The van der Waals surface area contributed by atoms with Crippen LogP contribution in [-0.2, 0) is 22.4 Å². The Balaban J connectivity index is 1.60. The highest BCUT2D eigenvalue weighted by Crippen LogP contribution is 2.19. The van der Waals surface area contributed by atoms with Crippen molar-refractivity contribution in [3.05, 3.63) is 65.2 Å². The molecule has 1 aromatic carbocycles. The van der Waals surface area contributed by atoms with Crippen LogP contribution in [0.1, 0.15) is 16.7 Å². The Bertz CT molecular complexity index is 706. The van der Waals surface area contributed by atoms with Crippen molar-refractivity contribution in [3.8, 4) is 0 Å². The van der Waals surface area contributed by atoms with Crippen LogP contribution in [0.25, 0.3) is 0 Å². The van der Waals surface area contributed by atoms with E-state index in [1.54, 1.807) is 18.5 Å². The first-order chi connectivity index (χ1) is 11.6. The molecule has 1 N–H and O–H groups in total. The van der Waals surface area contributed by atoms with Gasteiger partial charge >= 0.3 is 0 Å². The minimum Gasteiger partial charge on any atom is -0.379 e. The zero-order chi connectivity index (χ0) is 16.9. The fourth-order valence-electron chi connectivity index (χ4n) is 3.04. The number of ether oxygens (including phenoxy) is 1. The molecule has 1 amide bonds. The molecule has 1 fully saturated rings. The average molecular weight is 328 g/mol. The molecular weight excluding hydrogens is 307 g/mol. The second-order valence-corrected chi connectivity index (χ2v) is 6.28. The van der Waals surface area contributed by atoms with Gasteiger partial charge in [0.1, 0.15) is 5.82 Å². The number of nitrogens with one attached hydrogen (secondary N) is 1. The van der Waals surface area contributed by atoms with Gasteiger partial charge in [-0.05, 0) is 54.3 Å². The van der Waals surface area contributed by atoms with Crippen molar-refractivity contribution in [2.24, 2.45) is 5.92 Å². The summed E-state index contributed by atoms with van der Waals surface area (Å²) < 4.78 is 18.9. The molecule has 2 aromatic rings. The minimum absolute atomic E-state index is 0.0143. The highest BCUT2D eigenvalue weighted by Gasteiger charge is 2.29. The predicted octanol–water partition coefficient (Wildman–Crippen LogP) is 2.45. The lowest BCUT2D eigenvalue weighted by Gasteiger charge is -2.19. The third-order valence-corrected chi connectivity index (χ3v) is 4.45. The SMILES string of the molecule is Cc1ccc(F)cc1CC(=O)N[C@H]1COC[C@H]1Cc1ccncc1. The molecule has 0 spiro atoms. The molecule has 4 nitrogen and oxygen atoms in total. The average Bonchev–Trinajstić information content (AvgIpc) is 2.99. The monoisotopic (exact) mass is 328 g/mol. The van der Waals surface area contributed by atoms with Gasteiger partial charge in [-0.1, -0.05) is 6.07 Å². The number of benzene rings is 1. The van der Waals surface area contributed by atoms with Crippen LogP contribution in [0, 0.1) is 18.7 Å². The van der Waals surface area contributed by atoms with Crippen LogP contribution in [0.5, 0.6) is 0 Å². The van der Waals surface area contributed by atoms with Crippen LogP contribution in [0.4, 0.5) is 4.39 Å². The number of rotatable bonds is 5. The summed E-state index contributed by atoms with van der Waals surface area (Å²) in [5.41, 5.74) is 2.82. The van der Waals surface area contributed by atoms with E-state index in [1.165, 1.54) is 17.7 Å². The fourth-order valence-corrected chi connectivity index (χ4v) is 3.04. The second-order valence-electron chi connectivity index (χ2n) is 6.28. The first kappa shape index (κ1) is 16.6. The van der Waals surface area contributed by atoms with E-state index in [9.17, 15) is 9.18 Å². The molecule has 126 valence electrons. The Morgan fingerprint density at radius 2 is 2.08 bits per heavy atom. The van der Waals surface area contributed by atoms with Gasteiger partial charge in [-0.15, -0.1) is 0 Å². The molecule has 5 heteroatoms. The standard InChI is InChI=1S/C19H21FN2O2/c1-13-2-3-17(20)9-15(13)10-19(23)22-18-12-24-11-16(18)8-14-4-6-21-7-5-14/h2-7,9,16,18H,8,10-12H2,1H3,(H,22,23)/t16-,18+/m1/s1. The van der Waals surface area contributed by atoms with Gasteiger partial charge in [-0.3, -0.25) is 9.78 Å². The zero-order valence-corrected chi connectivity index (χ0v) is 13.7. The number of hydrogen-bond acceptors (Lipinski definition) is 3. The van der Waals surface area contributed by atoms with E-state index in [2.05, 4.69) is 10.3 Å². The second kappa shape index (κ2) is 7.53. The van der Waals surface area contributed by atoms with Gasteiger partial charge in [0.05, 0.1) is 25.7 Å². The number of nitrogens with zero attached hydrogens (tertiary/aromatic N) is 1. The first-order valence-electron chi connectivity index (χ1n) is 8.13. The van der Waals surface area contributed by atoms with Crippen molar-refractivity contribution < 1.29 is 13.9 Å². The number of aryl methyl sites for hydroxylation is 1. The van der Waals surface area contributed by atoms with Gasteiger partial charge < -0.3 is 10.1 Å². The number of hydrogen-bond donors (Lipinski definition) is 1. The maximum Gasteiger partial charge on any atom is 0.224 e. The predicted molar refractivity (Wildman–Crippen MR) is 89.0 cm³/mol. The maximum absolute atomic E-state index is 13.3. The molecule has 1 aliphatic rings. The highest BCUT2D eigenvalue weighted by atomic mass is 19.1. The van der Waals surface area contributed by atoms with Crippen LogP contribution < -0.4 is 5.32 Å². The summed E-state index contributed by atoms with van der Waals surface area (Å²) in [6, 6.07) is 8.48. The van der Waals surface area contributed by atoms with Gasteiger partial charge in [0.15, 0.2) is 0 Å². The molecule has 3 rings (SSSR count). The Morgan fingerprint density at radius 3 is 2.88 bits per heavy atom. The topological polar surface area (TPSA) is 51.2 Å². The number of aromatic nitrogens is 1. The number of halogens is 1. The Hall–Kier alpha value is -2.27. The summed E-state index contributed by atoms with van der Waals surface area (Å²) in [6.45, 7) is 3.03. The van der Waals surface area contributed by atoms with Crippen LogP contribution in [0.2, 0.25) is 0 Å². The molecule has 0 unspecified atom stereocenters. The molecule has 1 saturated heterocycles. The number of carbonyl (C=O) groups is 1. The largest absolute Gasteiger partial charge is 0.379 e. The molecule has 2 atom stereocenters. The molecule has 1 aromatic heterocycles. The molecule has 0 saturated carbocycles. The summed E-state index contributed by atoms with van der Waals surface area (Å²) in [6.07, 6.45) is 4.56. The van der Waals surface area contributed by atoms with Crippen LogP contribution in [-0.4, -0.2) is 30.1 Å². The van der Waals surface area contributed by atoms with E-state index >= 15 is 0 Å². The first-order valence-corrected chi connectivity index (χ1v) is 8.13. The van der Waals surface area contributed by atoms with Crippen molar-refractivity contribution >= 4 is 5.91 Å². The highest BCUT2D eigenvalue weighted by molar-refractivity contribution is 5.79. The van der Waals surface area contributed by atoms with Crippen LogP contribution >= 0.6 is 0 Å².